The molecule has 0 N–H and O–H groups in total. The van der Waals surface area contributed by atoms with E-state index < -0.39 is 10.0 Å². The lowest BCUT2D eigenvalue weighted by atomic mass is 10.2. The molecule has 0 spiro atoms. The van der Waals surface area contributed by atoms with Gasteiger partial charge in [0.2, 0.25) is 15.9 Å². The molecule has 0 atom stereocenters. The van der Waals surface area contributed by atoms with Gasteiger partial charge in [0.25, 0.3) is 5.22 Å². The highest BCUT2D eigenvalue weighted by atomic mass is 32.2. The molecule has 2 aromatic carbocycles. The largest absolute Gasteiger partial charge is 0.431 e. The predicted molar refractivity (Wildman–Crippen MR) is 120 cm³/mol. The van der Waals surface area contributed by atoms with Gasteiger partial charge in [-0.2, -0.15) is 4.31 Å². The Bertz CT molecular complexity index is 1230. The molecule has 3 heterocycles. The number of thioether (sulfide) groups is 1. The van der Waals surface area contributed by atoms with Crippen molar-refractivity contribution in [3.8, 4) is 0 Å². The van der Waals surface area contributed by atoms with Gasteiger partial charge in [-0.1, -0.05) is 36.4 Å². The second-order valence-electron chi connectivity index (χ2n) is 7.79. The number of rotatable bonds is 5. The van der Waals surface area contributed by atoms with Gasteiger partial charge in [0, 0.05) is 25.3 Å². The molecule has 0 unspecified atom stereocenters. The lowest BCUT2D eigenvalue weighted by Gasteiger charge is -2.25. The van der Waals surface area contributed by atoms with Crippen molar-refractivity contribution >= 4 is 44.5 Å². The molecule has 2 aliphatic heterocycles. The molecule has 1 saturated heterocycles. The minimum Gasteiger partial charge on any atom is -0.431 e. The van der Waals surface area contributed by atoms with Crippen molar-refractivity contribution in [2.24, 2.45) is 0 Å². The van der Waals surface area contributed by atoms with Gasteiger partial charge in [0.1, 0.15) is 5.52 Å². The van der Waals surface area contributed by atoms with Gasteiger partial charge in [-0.25, -0.2) is 13.4 Å². The second-order valence-corrected chi connectivity index (χ2v) is 10.7. The minimum absolute atomic E-state index is 0.00516. The van der Waals surface area contributed by atoms with E-state index in [0.29, 0.717) is 36.0 Å². The highest BCUT2D eigenvalue weighted by Crippen LogP contribution is 2.30. The molecular weight excluding hydrogens is 434 g/mol. The summed E-state index contributed by atoms with van der Waals surface area (Å²) in [4.78, 5) is 19.2. The first-order valence-electron chi connectivity index (χ1n) is 10.4. The van der Waals surface area contributed by atoms with E-state index in [0.717, 1.165) is 31.4 Å². The van der Waals surface area contributed by atoms with Crippen LogP contribution in [0.5, 0.6) is 0 Å². The van der Waals surface area contributed by atoms with Gasteiger partial charge >= 0.3 is 0 Å². The van der Waals surface area contributed by atoms with Crippen LogP contribution in [0.2, 0.25) is 0 Å². The third-order valence-corrected chi connectivity index (χ3v) is 8.51. The maximum absolute atomic E-state index is 12.9. The van der Waals surface area contributed by atoms with Crippen molar-refractivity contribution in [3.05, 3.63) is 48.0 Å². The topological polar surface area (TPSA) is 83.7 Å². The lowest BCUT2D eigenvalue weighted by molar-refractivity contribution is -0.116. The summed E-state index contributed by atoms with van der Waals surface area (Å²) in [6.45, 7) is 1.80. The van der Waals surface area contributed by atoms with E-state index in [2.05, 4.69) is 4.98 Å². The van der Waals surface area contributed by atoms with Crippen LogP contribution in [-0.2, 0) is 21.2 Å². The SMILES string of the molecule is O=C(CSc1nc2cc(S(=O)(=O)N3CCCCC3)ccc2o1)N1CCc2ccccc21. The van der Waals surface area contributed by atoms with Crippen LogP contribution in [0.1, 0.15) is 24.8 Å². The number of piperidine rings is 1. The summed E-state index contributed by atoms with van der Waals surface area (Å²) < 4.78 is 33.1. The molecule has 1 amide bonds. The highest BCUT2D eigenvalue weighted by Gasteiger charge is 2.27. The molecular formula is C22H23N3O4S2. The Kier molecular flexibility index (Phi) is 5.49. The molecule has 0 bridgehead atoms. The van der Waals surface area contributed by atoms with Crippen molar-refractivity contribution in [2.45, 2.75) is 35.8 Å². The lowest BCUT2D eigenvalue weighted by Crippen LogP contribution is -2.35. The Balaban J connectivity index is 1.30. The second kappa shape index (κ2) is 8.29. The Morgan fingerprint density at radius 3 is 2.71 bits per heavy atom. The van der Waals surface area contributed by atoms with Crippen LogP contribution in [0.15, 0.2) is 57.0 Å². The molecule has 5 rings (SSSR count). The van der Waals surface area contributed by atoms with Gasteiger partial charge in [-0.05, 0) is 49.1 Å². The van der Waals surface area contributed by atoms with Crippen molar-refractivity contribution in [3.63, 3.8) is 0 Å². The molecule has 0 aliphatic carbocycles. The van der Waals surface area contributed by atoms with Crippen LogP contribution in [-0.4, -0.2) is 49.0 Å². The van der Waals surface area contributed by atoms with E-state index in [1.807, 2.05) is 24.3 Å². The van der Waals surface area contributed by atoms with Crippen LogP contribution < -0.4 is 4.90 Å². The van der Waals surface area contributed by atoms with Crippen molar-refractivity contribution in [1.82, 2.24) is 9.29 Å². The summed E-state index contributed by atoms with van der Waals surface area (Å²) in [6.07, 6.45) is 3.71. The van der Waals surface area contributed by atoms with E-state index in [1.54, 1.807) is 27.4 Å². The molecule has 0 saturated carbocycles. The molecule has 1 fully saturated rings. The first-order valence-corrected chi connectivity index (χ1v) is 12.9. The van der Waals surface area contributed by atoms with Gasteiger partial charge in [0.15, 0.2) is 5.58 Å². The zero-order valence-corrected chi connectivity index (χ0v) is 18.6. The van der Waals surface area contributed by atoms with E-state index in [4.69, 9.17) is 4.42 Å². The summed E-state index contributed by atoms with van der Waals surface area (Å²) in [6, 6.07) is 12.7. The van der Waals surface area contributed by atoms with Crippen LogP contribution in [0.3, 0.4) is 0 Å². The van der Waals surface area contributed by atoms with Crippen LogP contribution in [0.25, 0.3) is 11.1 Å². The van der Waals surface area contributed by atoms with Crippen molar-refractivity contribution < 1.29 is 17.6 Å². The average molecular weight is 458 g/mol. The summed E-state index contributed by atoms with van der Waals surface area (Å²) in [5.41, 5.74) is 3.15. The normalized spacial score (nSPS) is 17.2. The number of carbonyl (C=O) groups excluding carboxylic acids is 1. The summed E-state index contributed by atoms with van der Waals surface area (Å²) in [7, 11) is -3.53. The molecule has 1 aromatic heterocycles. The summed E-state index contributed by atoms with van der Waals surface area (Å²) in [5.74, 6) is 0.214. The maximum atomic E-state index is 12.9. The number of carbonyl (C=O) groups is 1. The number of sulfonamides is 1. The first-order chi connectivity index (χ1) is 15.0. The Hall–Kier alpha value is -2.36. The number of benzene rings is 2. The number of para-hydroxylation sites is 1. The maximum Gasteiger partial charge on any atom is 0.257 e. The fraction of sp³-hybridized carbons (Fsp3) is 0.364. The number of nitrogens with zero attached hydrogens (tertiary/aromatic N) is 3. The van der Waals surface area contributed by atoms with Gasteiger partial charge in [0.05, 0.1) is 10.6 Å². The number of hydrogen-bond acceptors (Lipinski definition) is 6. The summed E-state index contributed by atoms with van der Waals surface area (Å²) in [5, 5.41) is 0.364. The van der Waals surface area contributed by atoms with Crippen LogP contribution in [0, 0.1) is 0 Å². The molecule has 0 radical (unpaired) electrons. The average Bonchev–Trinajstić information content (AvgIpc) is 3.41. The zero-order valence-electron chi connectivity index (χ0n) is 17.0. The first kappa shape index (κ1) is 20.5. The summed E-state index contributed by atoms with van der Waals surface area (Å²) >= 11 is 1.23. The molecule has 162 valence electrons. The van der Waals surface area contributed by atoms with Gasteiger partial charge in [-0.15, -0.1) is 0 Å². The fourth-order valence-corrected chi connectivity index (χ4v) is 6.41. The monoisotopic (exact) mass is 457 g/mol. The molecule has 31 heavy (non-hydrogen) atoms. The third kappa shape index (κ3) is 3.97. The van der Waals surface area contributed by atoms with Crippen molar-refractivity contribution in [2.75, 3.05) is 30.3 Å². The minimum atomic E-state index is -3.53. The van der Waals surface area contributed by atoms with E-state index in [-0.39, 0.29) is 16.6 Å². The standard InChI is InChI=1S/C22H23N3O4S2/c26-21(25-13-10-16-6-2-3-7-19(16)25)15-30-22-23-18-14-17(8-9-20(18)29-22)31(27,28)24-11-4-1-5-12-24/h2-3,6-9,14H,1,4-5,10-13,15H2. The number of oxazole rings is 1. The number of aromatic nitrogens is 1. The molecule has 9 heteroatoms. The van der Waals surface area contributed by atoms with Crippen molar-refractivity contribution in [1.29, 1.82) is 0 Å². The van der Waals surface area contributed by atoms with Crippen LogP contribution in [0.4, 0.5) is 5.69 Å². The quantitative estimate of drug-likeness (QED) is 0.544. The molecule has 2 aliphatic rings. The van der Waals surface area contributed by atoms with Crippen LogP contribution >= 0.6 is 11.8 Å². The Labute approximate surface area is 185 Å². The van der Waals surface area contributed by atoms with E-state index in [9.17, 15) is 13.2 Å². The van der Waals surface area contributed by atoms with Gasteiger partial charge < -0.3 is 9.32 Å². The third-order valence-electron chi connectivity index (χ3n) is 5.80. The number of hydrogen-bond donors (Lipinski definition) is 0. The number of anilines is 1. The van der Waals surface area contributed by atoms with E-state index in [1.165, 1.54) is 17.3 Å². The molecule has 7 nitrogen and oxygen atoms in total. The van der Waals surface area contributed by atoms with E-state index >= 15 is 0 Å². The smallest absolute Gasteiger partial charge is 0.257 e. The highest BCUT2D eigenvalue weighted by molar-refractivity contribution is 7.99. The predicted octanol–water partition coefficient (Wildman–Crippen LogP) is 3.68. The Morgan fingerprint density at radius 2 is 1.87 bits per heavy atom. The van der Waals surface area contributed by atoms with Gasteiger partial charge in [-0.3, -0.25) is 4.79 Å². The zero-order chi connectivity index (χ0) is 21.4. The number of fused-ring (bicyclic) bond motifs is 2. The Morgan fingerprint density at radius 1 is 1.06 bits per heavy atom. The fourth-order valence-electron chi connectivity index (χ4n) is 4.16. The number of amides is 1. The molecule has 3 aromatic rings.